The number of carbonyl (C=O) groups is 1. The molecule has 0 radical (unpaired) electrons. The molecule has 0 amide bonds. The average molecular weight is 284 g/mol. The minimum Gasteiger partial charge on any atom is -0.399 e. The molecule has 2 rings (SSSR count). The van der Waals surface area contributed by atoms with E-state index < -0.39 is 11.6 Å². The van der Waals surface area contributed by atoms with Gasteiger partial charge in [0.25, 0.3) is 0 Å². The van der Waals surface area contributed by atoms with Crippen LogP contribution >= 0.6 is 23.2 Å². The minimum absolute atomic E-state index is 0.0895. The molecular weight excluding hydrogens is 276 g/mol. The molecule has 2 N–H and O–H groups in total. The SMILES string of the molecule is Nc1ccc(C(=O)c2cc(Cl)ccc2Cl)c(F)c1. The van der Waals surface area contributed by atoms with Crippen LogP contribution in [-0.2, 0) is 0 Å². The molecular formula is C13H8Cl2FNO. The number of nitrogen functional groups attached to an aromatic ring is 1. The fraction of sp³-hybridized carbons (Fsp3) is 0. The summed E-state index contributed by atoms with van der Waals surface area (Å²) >= 11 is 11.7. The van der Waals surface area contributed by atoms with Crippen molar-refractivity contribution < 1.29 is 9.18 Å². The van der Waals surface area contributed by atoms with E-state index in [2.05, 4.69) is 0 Å². The molecule has 0 aliphatic rings. The van der Waals surface area contributed by atoms with E-state index in [9.17, 15) is 9.18 Å². The molecule has 0 bridgehead atoms. The molecule has 0 aromatic heterocycles. The first-order valence-corrected chi connectivity index (χ1v) is 5.79. The summed E-state index contributed by atoms with van der Waals surface area (Å²) in [5, 5.41) is 0.583. The van der Waals surface area contributed by atoms with Crippen LogP contribution in [0.5, 0.6) is 0 Å². The number of hydrogen-bond acceptors (Lipinski definition) is 2. The summed E-state index contributed by atoms with van der Waals surface area (Å²) in [7, 11) is 0. The normalized spacial score (nSPS) is 10.4. The van der Waals surface area contributed by atoms with E-state index in [-0.39, 0.29) is 21.8 Å². The Bertz CT molecular complexity index is 628. The van der Waals surface area contributed by atoms with Gasteiger partial charge in [0.05, 0.1) is 10.6 Å². The van der Waals surface area contributed by atoms with Crippen molar-refractivity contribution in [3.8, 4) is 0 Å². The van der Waals surface area contributed by atoms with Crippen molar-refractivity contribution in [2.24, 2.45) is 0 Å². The highest BCUT2D eigenvalue weighted by atomic mass is 35.5. The number of halogens is 3. The quantitative estimate of drug-likeness (QED) is 0.670. The van der Waals surface area contributed by atoms with Crippen LogP contribution in [0.1, 0.15) is 15.9 Å². The van der Waals surface area contributed by atoms with Crippen LogP contribution in [0.25, 0.3) is 0 Å². The molecule has 2 nitrogen and oxygen atoms in total. The van der Waals surface area contributed by atoms with Gasteiger partial charge in [-0.2, -0.15) is 0 Å². The number of nitrogens with two attached hydrogens (primary N) is 1. The standard InChI is InChI=1S/C13H8Cl2FNO/c14-7-1-4-11(15)10(5-7)13(18)9-3-2-8(17)6-12(9)16/h1-6H,17H2. The van der Waals surface area contributed by atoms with Crippen molar-refractivity contribution in [3.05, 3.63) is 63.4 Å². The number of benzene rings is 2. The lowest BCUT2D eigenvalue weighted by molar-refractivity contribution is 0.103. The van der Waals surface area contributed by atoms with Gasteiger partial charge in [0.2, 0.25) is 0 Å². The second kappa shape index (κ2) is 4.96. The van der Waals surface area contributed by atoms with Crippen LogP contribution in [-0.4, -0.2) is 5.78 Å². The van der Waals surface area contributed by atoms with E-state index in [1.54, 1.807) is 6.07 Å². The van der Waals surface area contributed by atoms with Crippen LogP contribution in [0.4, 0.5) is 10.1 Å². The third-order valence-electron chi connectivity index (χ3n) is 2.41. The molecule has 2 aromatic rings. The smallest absolute Gasteiger partial charge is 0.197 e. The van der Waals surface area contributed by atoms with Crippen LogP contribution in [0.2, 0.25) is 10.0 Å². The number of anilines is 1. The first kappa shape index (κ1) is 12.9. The summed E-state index contributed by atoms with van der Waals surface area (Å²) < 4.78 is 13.6. The molecule has 0 atom stereocenters. The van der Waals surface area contributed by atoms with Crippen LogP contribution in [0, 0.1) is 5.82 Å². The zero-order valence-corrected chi connectivity index (χ0v) is 10.6. The fourth-order valence-corrected chi connectivity index (χ4v) is 1.91. The maximum Gasteiger partial charge on any atom is 0.197 e. The van der Waals surface area contributed by atoms with Crippen molar-refractivity contribution in [2.45, 2.75) is 0 Å². The number of hydrogen-bond donors (Lipinski definition) is 1. The van der Waals surface area contributed by atoms with E-state index in [1.807, 2.05) is 0 Å². The van der Waals surface area contributed by atoms with Crippen molar-refractivity contribution in [1.82, 2.24) is 0 Å². The molecule has 18 heavy (non-hydrogen) atoms. The lowest BCUT2D eigenvalue weighted by Gasteiger charge is -2.06. The molecule has 0 spiro atoms. The zero-order valence-electron chi connectivity index (χ0n) is 9.08. The summed E-state index contributed by atoms with van der Waals surface area (Å²) in [6.45, 7) is 0. The summed E-state index contributed by atoms with van der Waals surface area (Å²) in [4.78, 5) is 12.1. The van der Waals surface area contributed by atoms with Crippen molar-refractivity contribution in [3.63, 3.8) is 0 Å². The van der Waals surface area contributed by atoms with Gasteiger partial charge in [-0.15, -0.1) is 0 Å². The summed E-state index contributed by atoms with van der Waals surface area (Å²) in [5.74, 6) is -1.21. The second-order valence-corrected chi connectivity index (χ2v) is 4.54. The summed E-state index contributed by atoms with van der Waals surface area (Å²) in [6.07, 6.45) is 0. The summed E-state index contributed by atoms with van der Waals surface area (Å²) in [6, 6.07) is 8.32. The molecule has 5 heteroatoms. The van der Waals surface area contributed by atoms with E-state index >= 15 is 0 Å². The van der Waals surface area contributed by atoms with Gasteiger partial charge in [0.1, 0.15) is 5.82 Å². The van der Waals surface area contributed by atoms with Crippen LogP contribution < -0.4 is 5.73 Å². The Hall–Kier alpha value is -1.58. The monoisotopic (exact) mass is 283 g/mol. The Kier molecular flexibility index (Phi) is 3.55. The van der Waals surface area contributed by atoms with E-state index in [0.717, 1.165) is 6.07 Å². The predicted octanol–water partition coefficient (Wildman–Crippen LogP) is 3.95. The lowest BCUT2D eigenvalue weighted by atomic mass is 10.0. The van der Waals surface area contributed by atoms with E-state index in [4.69, 9.17) is 28.9 Å². The van der Waals surface area contributed by atoms with Gasteiger partial charge in [-0.1, -0.05) is 23.2 Å². The molecule has 92 valence electrons. The Labute approximate surface area is 113 Å². The zero-order chi connectivity index (χ0) is 13.3. The molecule has 0 aliphatic heterocycles. The molecule has 0 unspecified atom stereocenters. The first-order chi connectivity index (χ1) is 8.49. The van der Waals surface area contributed by atoms with Crippen molar-refractivity contribution >= 4 is 34.7 Å². The van der Waals surface area contributed by atoms with E-state index in [1.165, 1.54) is 24.3 Å². The molecule has 2 aromatic carbocycles. The van der Waals surface area contributed by atoms with Crippen LogP contribution in [0.15, 0.2) is 36.4 Å². The number of carbonyl (C=O) groups excluding carboxylic acids is 1. The largest absolute Gasteiger partial charge is 0.399 e. The third kappa shape index (κ3) is 2.47. The second-order valence-electron chi connectivity index (χ2n) is 3.69. The number of rotatable bonds is 2. The molecule has 0 aliphatic carbocycles. The molecule has 0 fully saturated rings. The fourth-order valence-electron chi connectivity index (χ4n) is 1.53. The van der Waals surface area contributed by atoms with Crippen molar-refractivity contribution in [2.75, 3.05) is 5.73 Å². The molecule has 0 saturated heterocycles. The Balaban J connectivity index is 2.51. The Morgan fingerprint density at radius 3 is 2.44 bits per heavy atom. The molecule has 0 saturated carbocycles. The minimum atomic E-state index is -0.684. The van der Waals surface area contributed by atoms with Gasteiger partial charge in [-0.25, -0.2) is 4.39 Å². The van der Waals surface area contributed by atoms with Crippen molar-refractivity contribution in [1.29, 1.82) is 0 Å². The first-order valence-electron chi connectivity index (χ1n) is 5.04. The Morgan fingerprint density at radius 2 is 1.78 bits per heavy atom. The third-order valence-corrected chi connectivity index (χ3v) is 2.98. The maximum atomic E-state index is 13.6. The van der Waals surface area contributed by atoms with Gasteiger partial charge in [-0.05, 0) is 36.4 Å². The van der Waals surface area contributed by atoms with Gasteiger partial charge in [0, 0.05) is 16.3 Å². The predicted molar refractivity (Wildman–Crippen MR) is 70.7 cm³/mol. The highest BCUT2D eigenvalue weighted by Crippen LogP contribution is 2.24. The lowest BCUT2D eigenvalue weighted by Crippen LogP contribution is -2.05. The maximum absolute atomic E-state index is 13.6. The Morgan fingerprint density at radius 1 is 1.06 bits per heavy atom. The van der Waals surface area contributed by atoms with Gasteiger partial charge < -0.3 is 5.73 Å². The topological polar surface area (TPSA) is 43.1 Å². The summed E-state index contributed by atoms with van der Waals surface area (Å²) in [5.41, 5.74) is 5.74. The van der Waals surface area contributed by atoms with Gasteiger partial charge in [0.15, 0.2) is 5.78 Å². The highest BCUT2D eigenvalue weighted by molar-refractivity contribution is 6.36. The van der Waals surface area contributed by atoms with Gasteiger partial charge in [-0.3, -0.25) is 4.79 Å². The van der Waals surface area contributed by atoms with E-state index in [0.29, 0.717) is 5.02 Å². The highest BCUT2D eigenvalue weighted by Gasteiger charge is 2.17. The van der Waals surface area contributed by atoms with Gasteiger partial charge >= 0.3 is 0 Å². The average Bonchev–Trinajstić information content (AvgIpc) is 2.31. The van der Waals surface area contributed by atoms with Crippen LogP contribution in [0.3, 0.4) is 0 Å². The molecule has 0 heterocycles. The number of ketones is 1.